The van der Waals surface area contributed by atoms with E-state index < -0.39 is 0 Å². The maximum absolute atomic E-state index is 5.93. The van der Waals surface area contributed by atoms with Crippen LogP contribution in [0.25, 0.3) is 0 Å². The second-order valence-corrected chi connectivity index (χ2v) is 6.23. The summed E-state index contributed by atoms with van der Waals surface area (Å²) in [6.07, 6.45) is 7.46. The predicted molar refractivity (Wildman–Crippen MR) is 75.0 cm³/mol. The van der Waals surface area contributed by atoms with Gasteiger partial charge in [-0.3, -0.25) is 4.90 Å². The van der Waals surface area contributed by atoms with Crippen molar-refractivity contribution < 1.29 is 0 Å². The van der Waals surface area contributed by atoms with Crippen molar-refractivity contribution in [3.8, 4) is 0 Å². The fraction of sp³-hybridized carbons (Fsp3) is 1.00. The van der Waals surface area contributed by atoms with Gasteiger partial charge in [-0.1, -0.05) is 6.92 Å². The molecule has 2 N–H and O–H groups in total. The van der Waals surface area contributed by atoms with E-state index in [4.69, 9.17) is 5.73 Å². The highest BCUT2D eigenvalue weighted by atomic mass is 32.2. The Morgan fingerprint density at radius 3 is 2.75 bits per heavy atom. The van der Waals surface area contributed by atoms with E-state index in [1.807, 2.05) is 11.8 Å². The number of nitrogens with zero attached hydrogens (tertiary/aromatic N) is 1. The highest BCUT2D eigenvalue weighted by molar-refractivity contribution is 7.98. The van der Waals surface area contributed by atoms with Crippen molar-refractivity contribution in [3.63, 3.8) is 0 Å². The van der Waals surface area contributed by atoms with E-state index in [1.165, 1.54) is 38.0 Å². The van der Waals surface area contributed by atoms with E-state index >= 15 is 0 Å². The Labute approximate surface area is 105 Å². The second kappa shape index (κ2) is 7.57. The van der Waals surface area contributed by atoms with Crippen molar-refractivity contribution in [2.75, 3.05) is 25.1 Å². The second-order valence-electron chi connectivity index (χ2n) is 5.24. The van der Waals surface area contributed by atoms with E-state index in [0.29, 0.717) is 6.04 Å². The topological polar surface area (TPSA) is 29.3 Å². The van der Waals surface area contributed by atoms with Crippen LogP contribution in [0, 0.1) is 5.92 Å². The molecule has 2 nitrogen and oxygen atoms in total. The summed E-state index contributed by atoms with van der Waals surface area (Å²) >= 11 is 1.94. The lowest BCUT2D eigenvalue weighted by atomic mass is 9.91. The summed E-state index contributed by atoms with van der Waals surface area (Å²) in [6, 6.07) is 1.35. The van der Waals surface area contributed by atoms with Crippen LogP contribution in [0.1, 0.15) is 39.5 Å². The molecule has 1 saturated heterocycles. The van der Waals surface area contributed by atoms with E-state index in [2.05, 4.69) is 25.0 Å². The summed E-state index contributed by atoms with van der Waals surface area (Å²) < 4.78 is 0. The molecule has 0 aliphatic carbocycles. The fourth-order valence-corrected chi connectivity index (χ4v) is 3.31. The van der Waals surface area contributed by atoms with E-state index in [-0.39, 0.29) is 0 Å². The molecule has 0 aromatic rings. The van der Waals surface area contributed by atoms with E-state index in [9.17, 15) is 0 Å². The summed E-state index contributed by atoms with van der Waals surface area (Å²) in [6.45, 7) is 6.82. The predicted octanol–water partition coefficient (Wildman–Crippen LogP) is 2.58. The van der Waals surface area contributed by atoms with Crippen LogP contribution in [-0.4, -0.2) is 42.1 Å². The van der Waals surface area contributed by atoms with Crippen LogP contribution in [0.5, 0.6) is 0 Å². The molecule has 3 atom stereocenters. The maximum Gasteiger partial charge on any atom is 0.0221 e. The molecule has 0 aromatic carbocycles. The molecule has 0 bridgehead atoms. The van der Waals surface area contributed by atoms with Crippen LogP contribution in [0.15, 0.2) is 0 Å². The maximum atomic E-state index is 5.93. The SMILES string of the molecule is CSCCCC(CN)N1CCC(C)CC1C. The van der Waals surface area contributed by atoms with Gasteiger partial charge in [-0.15, -0.1) is 0 Å². The van der Waals surface area contributed by atoms with Crippen LogP contribution in [0.4, 0.5) is 0 Å². The van der Waals surface area contributed by atoms with E-state index in [0.717, 1.165) is 18.5 Å². The minimum Gasteiger partial charge on any atom is -0.329 e. The molecule has 0 amide bonds. The zero-order valence-electron chi connectivity index (χ0n) is 11.1. The molecule has 16 heavy (non-hydrogen) atoms. The van der Waals surface area contributed by atoms with Gasteiger partial charge in [0, 0.05) is 18.6 Å². The molecule has 1 aliphatic rings. The molecular weight excluding hydrogens is 216 g/mol. The molecule has 3 heteroatoms. The van der Waals surface area contributed by atoms with Crippen molar-refractivity contribution in [1.29, 1.82) is 0 Å². The molecule has 3 unspecified atom stereocenters. The molecule has 1 heterocycles. The Kier molecular flexibility index (Phi) is 6.78. The van der Waals surface area contributed by atoms with Gasteiger partial charge in [0.25, 0.3) is 0 Å². The Balaban J connectivity index is 2.39. The summed E-state index contributed by atoms with van der Waals surface area (Å²) in [5, 5.41) is 0. The molecule has 0 saturated carbocycles. The first kappa shape index (κ1) is 14.3. The molecule has 1 rings (SSSR count). The number of hydrogen-bond acceptors (Lipinski definition) is 3. The third-order valence-electron chi connectivity index (χ3n) is 3.82. The number of likely N-dealkylation sites (tertiary alicyclic amines) is 1. The Morgan fingerprint density at radius 1 is 1.44 bits per heavy atom. The monoisotopic (exact) mass is 244 g/mol. The van der Waals surface area contributed by atoms with E-state index in [1.54, 1.807) is 0 Å². The lowest BCUT2D eigenvalue weighted by Crippen LogP contribution is -2.49. The minimum atomic E-state index is 0.620. The zero-order chi connectivity index (χ0) is 12.0. The Hall–Kier alpha value is 0.270. The van der Waals surface area contributed by atoms with Gasteiger partial charge in [-0.25, -0.2) is 0 Å². The molecule has 0 radical (unpaired) electrons. The summed E-state index contributed by atoms with van der Waals surface area (Å²) in [4.78, 5) is 2.65. The van der Waals surface area contributed by atoms with Crippen LogP contribution in [0.3, 0.4) is 0 Å². The average molecular weight is 244 g/mol. The lowest BCUT2D eigenvalue weighted by Gasteiger charge is -2.41. The normalized spacial score (nSPS) is 29.2. The molecule has 96 valence electrons. The number of hydrogen-bond donors (Lipinski definition) is 1. The lowest BCUT2D eigenvalue weighted by molar-refractivity contribution is 0.0805. The molecular formula is C13H28N2S. The van der Waals surface area contributed by atoms with Gasteiger partial charge in [0.15, 0.2) is 0 Å². The molecule has 1 fully saturated rings. The van der Waals surface area contributed by atoms with Gasteiger partial charge < -0.3 is 5.73 Å². The van der Waals surface area contributed by atoms with Crippen LogP contribution in [0.2, 0.25) is 0 Å². The van der Waals surface area contributed by atoms with Gasteiger partial charge in [-0.2, -0.15) is 11.8 Å². The fourth-order valence-electron chi connectivity index (χ4n) is 2.85. The first-order valence-corrected chi connectivity index (χ1v) is 8.03. The van der Waals surface area contributed by atoms with Gasteiger partial charge in [-0.05, 0) is 57.1 Å². The summed E-state index contributed by atoms with van der Waals surface area (Å²) in [5.74, 6) is 2.17. The number of thioether (sulfide) groups is 1. The third-order valence-corrected chi connectivity index (χ3v) is 4.51. The first-order chi connectivity index (χ1) is 7.69. The largest absolute Gasteiger partial charge is 0.329 e. The first-order valence-electron chi connectivity index (χ1n) is 6.63. The van der Waals surface area contributed by atoms with Gasteiger partial charge in [0.1, 0.15) is 0 Å². The van der Waals surface area contributed by atoms with Crippen molar-refractivity contribution in [3.05, 3.63) is 0 Å². The van der Waals surface area contributed by atoms with Crippen LogP contribution < -0.4 is 5.73 Å². The van der Waals surface area contributed by atoms with Crippen molar-refractivity contribution in [2.24, 2.45) is 11.7 Å². The minimum absolute atomic E-state index is 0.620. The Morgan fingerprint density at radius 2 is 2.19 bits per heavy atom. The van der Waals surface area contributed by atoms with Crippen LogP contribution >= 0.6 is 11.8 Å². The molecule has 0 aromatic heterocycles. The average Bonchev–Trinajstić information content (AvgIpc) is 2.26. The van der Waals surface area contributed by atoms with Gasteiger partial charge in [0.05, 0.1) is 0 Å². The van der Waals surface area contributed by atoms with Gasteiger partial charge >= 0.3 is 0 Å². The standard InChI is InChI=1S/C13H28N2S/c1-11-6-7-15(12(2)9-11)13(10-14)5-4-8-16-3/h11-13H,4-10,14H2,1-3H3. The van der Waals surface area contributed by atoms with Crippen LogP contribution in [-0.2, 0) is 0 Å². The van der Waals surface area contributed by atoms with Crippen molar-refractivity contribution >= 4 is 11.8 Å². The molecule has 1 aliphatic heterocycles. The summed E-state index contributed by atoms with van der Waals surface area (Å²) in [5.41, 5.74) is 5.93. The number of rotatable bonds is 6. The highest BCUT2D eigenvalue weighted by Crippen LogP contribution is 2.25. The highest BCUT2D eigenvalue weighted by Gasteiger charge is 2.27. The smallest absolute Gasteiger partial charge is 0.0221 e. The number of nitrogens with two attached hydrogens (primary N) is 1. The Bertz CT molecular complexity index is 187. The van der Waals surface area contributed by atoms with Crippen molar-refractivity contribution in [2.45, 2.75) is 51.6 Å². The summed E-state index contributed by atoms with van der Waals surface area (Å²) in [7, 11) is 0. The number of piperidine rings is 1. The molecule has 0 spiro atoms. The quantitative estimate of drug-likeness (QED) is 0.728. The van der Waals surface area contributed by atoms with Crippen molar-refractivity contribution in [1.82, 2.24) is 4.90 Å². The third kappa shape index (κ3) is 4.27. The zero-order valence-corrected chi connectivity index (χ0v) is 11.9. The van der Waals surface area contributed by atoms with Gasteiger partial charge in [0.2, 0.25) is 0 Å².